The average Bonchev–Trinajstić information content (AvgIpc) is 2.89. The van der Waals surface area contributed by atoms with Crippen molar-refractivity contribution in [2.24, 2.45) is 11.7 Å². The molecule has 1 aliphatic carbocycles. The quantitative estimate of drug-likeness (QED) is 0.841. The Morgan fingerprint density at radius 3 is 2.94 bits per heavy atom. The number of nitrogens with two attached hydrogens (primary N) is 1. The van der Waals surface area contributed by atoms with Crippen LogP contribution in [-0.4, -0.2) is 34.4 Å². The van der Waals surface area contributed by atoms with Gasteiger partial charge in [0.05, 0.1) is 5.01 Å². The number of nitrogens with zero attached hydrogens (tertiary/aromatic N) is 2. The van der Waals surface area contributed by atoms with Crippen LogP contribution in [0.15, 0.2) is 0 Å². The number of aryl methyl sites for hydroxylation is 2. The minimum absolute atomic E-state index is 0.0658. The van der Waals surface area contributed by atoms with E-state index >= 15 is 0 Å². The predicted octanol–water partition coefficient (Wildman–Crippen LogP) is 1.71. The fourth-order valence-corrected chi connectivity index (χ4v) is 4.18. The van der Waals surface area contributed by atoms with Gasteiger partial charge in [-0.15, -0.1) is 11.3 Å². The molecule has 1 aliphatic heterocycles. The molecule has 2 atom stereocenters. The molecule has 2 unspecified atom stereocenters. The molecule has 18 heavy (non-hydrogen) atoms. The van der Waals surface area contributed by atoms with Crippen molar-refractivity contribution in [1.29, 1.82) is 0 Å². The van der Waals surface area contributed by atoms with E-state index in [0.29, 0.717) is 18.2 Å². The normalized spacial score (nSPS) is 30.8. The van der Waals surface area contributed by atoms with Gasteiger partial charge in [0, 0.05) is 23.5 Å². The summed E-state index contributed by atoms with van der Waals surface area (Å²) in [4.78, 5) is 19.7. The lowest BCUT2D eigenvalue weighted by atomic mass is 9.92. The maximum absolute atomic E-state index is 12.5. The summed E-state index contributed by atoms with van der Waals surface area (Å²) in [5, 5.41) is 0.956. The molecule has 3 rings (SSSR count). The molecule has 2 aliphatic rings. The molecule has 1 aromatic heterocycles. The summed E-state index contributed by atoms with van der Waals surface area (Å²) in [5.74, 6) is 0.553. The van der Waals surface area contributed by atoms with Crippen LogP contribution < -0.4 is 5.73 Å². The van der Waals surface area contributed by atoms with E-state index < -0.39 is 0 Å². The number of thiazole rings is 1. The second kappa shape index (κ2) is 4.03. The first-order valence-corrected chi connectivity index (χ1v) is 7.33. The molecular weight excluding hydrogens is 246 g/mol. The van der Waals surface area contributed by atoms with Gasteiger partial charge in [-0.05, 0) is 32.6 Å². The van der Waals surface area contributed by atoms with Crippen molar-refractivity contribution >= 4 is 17.2 Å². The van der Waals surface area contributed by atoms with Crippen LogP contribution in [0.3, 0.4) is 0 Å². The SMILES string of the molecule is Cc1nc(C(=O)N2CC3CCCC3(N)C2)c(C)s1. The molecule has 0 radical (unpaired) electrons. The number of carbonyl (C=O) groups is 1. The molecule has 5 heteroatoms. The zero-order chi connectivity index (χ0) is 12.9. The van der Waals surface area contributed by atoms with E-state index in [4.69, 9.17) is 5.73 Å². The Hall–Kier alpha value is -0.940. The number of hydrogen-bond donors (Lipinski definition) is 1. The third-order valence-corrected chi connectivity index (χ3v) is 5.21. The molecule has 1 amide bonds. The molecule has 0 bridgehead atoms. The first-order valence-electron chi connectivity index (χ1n) is 6.52. The monoisotopic (exact) mass is 265 g/mol. The van der Waals surface area contributed by atoms with Crippen LogP contribution in [0.2, 0.25) is 0 Å². The summed E-state index contributed by atoms with van der Waals surface area (Å²) in [6.45, 7) is 5.42. The molecule has 98 valence electrons. The van der Waals surface area contributed by atoms with Gasteiger partial charge in [0.25, 0.3) is 5.91 Å². The summed E-state index contributed by atoms with van der Waals surface area (Å²) in [6, 6.07) is 0. The standard InChI is InChI=1S/C13H19N3OS/c1-8-11(15-9(2)18-8)12(17)16-6-10-4-3-5-13(10,14)7-16/h10H,3-7,14H2,1-2H3. The summed E-state index contributed by atoms with van der Waals surface area (Å²) >= 11 is 1.59. The van der Waals surface area contributed by atoms with E-state index in [1.54, 1.807) is 11.3 Å². The van der Waals surface area contributed by atoms with Gasteiger partial charge in [0.2, 0.25) is 0 Å². The number of hydrogen-bond acceptors (Lipinski definition) is 4. The van der Waals surface area contributed by atoms with Crippen molar-refractivity contribution in [2.75, 3.05) is 13.1 Å². The molecular formula is C13H19N3OS. The number of carbonyl (C=O) groups excluding carboxylic acids is 1. The van der Waals surface area contributed by atoms with Crippen molar-refractivity contribution in [3.8, 4) is 0 Å². The number of amides is 1. The summed E-state index contributed by atoms with van der Waals surface area (Å²) < 4.78 is 0. The molecule has 0 spiro atoms. The Bertz CT molecular complexity index is 498. The van der Waals surface area contributed by atoms with E-state index in [-0.39, 0.29) is 11.4 Å². The van der Waals surface area contributed by atoms with Crippen molar-refractivity contribution in [3.05, 3.63) is 15.6 Å². The Kier molecular flexibility index (Phi) is 2.71. The van der Waals surface area contributed by atoms with Crippen LogP contribution in [0.25, 0.3) is 0 Å². The van der Waals surface area contributed by atoms with Crippen molar-refractivity contribution in [2.45, 2.75) is 38.6 Å². The number of fused-ring (bicyclic) bond motifs is 1. The topological polar surface area (TPSA) is 59.2 Å². The van der Waals surface area contributed by atoms with Crippen LogP contribution in [0.1, 0.15) is 39.6 Å². The minimum Gasteiger partial charge on any atom is -0.335 e. The largest absolute Gasteiger partial charge is 0.335 e. The molecule has 2 fully saturated rings. The maximum atomic E-state index is 12.5. The maximum Gasteiger partial charge on any atom is 0.273 e. The van der Waals surface area contributed by atoms with Gasteiger partial charge in [-0.1, -0.05) is 6.42 Å². The third kappa shape index (κ3) is 1.77. The first kappa shape index (κ1) is 12.1. The zero-order valence-corrected chi connectivity index (χ0v) is 11.7. The van der Waals surface area contributed by atoms with Crippen LogP contribution in [0.5, 0.6) is 0 Å². The zero-order valence-electron chi connectivity index (χ0n) is 10.9. The van der Waals surface area contributed by atoms with E-state index in [1.165, 1.54) is 6.42 Å². The lowest BCUT2D eigenvalue weighted by Crippen LogP contribution is -2.45. The fraction of sp³-hybridized carbons (Fsp3) is 0.692. The average molecular weight is 265 g/mol. The molecule has 1 saturated heterocycles. The molecule has 1 saturated carbocycles. The Morgan fingerprint density at radius 2 is 2.33 bits per heavy atom. The summed E-state index contributed by atoms with van der Waals surface area (Å²) in [7, 11) is 0. The van der Waals surface area contributed by atoms with Gasteiger partial charge in [-0.25, -0.2) is 4.98 Å². The third-order valence-electron chi connectivity index (χ3n) is 4.33. The van der Waals surface area contributed by atoms with Crippen molar-refractivity contribution < 1.29 is 4.79 Å². The van der Waals surface area contributed by atoms with Gasteiger partial charge >= 0.3 is 0 Å². The number of rotatable bonds is 1. The van der Waals surface area contributed by atoms with E-state index in [9.17, 15) is 4.79 Å². The Balaban J connectivity index is 1.81. The predicted molar refractivity (Wildman–Crippen MR) is 71.8 cm³/mol. The van der Waals surface area contributed by atoms with Gasteiger partial charge in [0.1, 0.15) is 5.69 Å². The van der Waals surface area contributed by atoms with E-state index in [2.05, 4.69) is 4.98 Å². The first-order chi connectivity index (χ1) is 8.49. The van der Waals surface area contributed by atoms with Crippen molar-refractivity contribution in [1.82, 2.24) is 9.88 Å². The van der Waals surface area contributed by atoms with Crippen LogP contribution in [0, 0.1) is 19.8 Å². The Labute approximate surface area is 111 Å². The van der Waals surface area contributed by atoms with Gasteiger partial charge in [0.15, 0.2) is 0 Å². The van der Waals surface area contributed by atoms with Gasteiger partial charge in [-0.3, -0.25) is 4.79 Å². The van der Waals surface area contributed by atoms with Gasteiger partial charge < -0.3 is 10.6 Å². The van der Waals surface area contributed by atoms with E-state index in [1.807, 2.05) is 18.7 Å². The lowest BCUT2D eigenvalue weighted by Gasteiger charge is -2.22. The fourth-order valence-electron chi connectivity index (χ4n) is 3.37. The van der Waals surface area contributed by atoms with E-state index in [0.717, 1.165) is 29.3 Å². The second-order valence-corrected chi connectivity index (χ2v) is 7.05. The van der Waals surface area contributed by atoms with Crippen LogP contribution in [0.4, 0.5) is 0 Å². The molecule has 0 aromatic carbocycles. The summed E-state index contributed by atoms with van der Waals surface area (Å²) in [5.41, 5.74) is 6.90. The molecule has 2 N–H and O–H groups in total. The van der Waals surface area contributed by atoms with Crippen LogP contribution >= 0.6 is 11.3 Å². The molecule has 1 aromatic rings. The minimum atomic E-state index is -0.130. The molecule has 4 nitrogen and oxygen atoms in total. The molecule has 2 heterocycles. The van der Waals surface area contributed by atoms with Crippen LogP contribution in [-0.2, 0) is 0 Å². The lowest BCUT2D eigenvalue weighted by molar-refractivity contribution is 0.0772. The number of likely N-dealkylation sites (tertiary alicyclic amines) is 1. The number of aromatic nitrogens is 1. The highest BCUT2D eigenvalue weighted by Gasteiger charge is 2.48. The highest BCUT2D eigenvalue weighted by atomic mass is 32.1. The second-order valence-electron chi connectivity index (χ2n) is 5.65. The highest BCUT2D eigenvalue weighted by molar-refractivity contribution is 7.11. The van der Waals surface area contributed by atoms with Crippen molar-refractivity contribution in [3.63, 3.8) is 0 Å². The van der Waals surface area contributed by atoms with Gasteiger partial charge in [-0.2, -0.15) is 0 Å². The highest BCUT2D eigenvalue weighted by Crippen LogP contribution is 2.40. The Morgan fingerprint density at radius 1 is 1.56 bits per heavy atom. The smallest absolute Gasteiger partial charge is 0.273 e. The summed E-state index contributed by atoms with van der Waals surface area (Å²) in [6.07, 6.45) is 3.42.